The lowest BCUT2D eigenvalue weighted by Gasteiger charge is -2.16. The van der Waals surface area contributed by atoms with Crippen molar-refractivity contribution in [3.63, 3.8) is 0 Å². The molecule has 1 aromatic carbocycles. The summed E-state index contributed by atoms with van der Waals surface area (Å²) in [5, 5.41) is 46.9. The summed E-state index contributed by atoms with van der Waals surface area (Å²) in [5.41, 5.74) is 1.88. The van der Waals surface area contributed by atoms with E-state index in [0.29, 0.717) is 90.8 Å². The van der Waals surface area contributed by atoms with Crippen LogP contribution in [0.5, 0.6) is 0 Å². The molecule has 56 heavy (non-hydrogen) atoms. The van der Waals surface area contributed by atoms with Crippen molar-refractivity contribution in [2.24, 2.45) is 5.92 Å². The van der Waals surface area contributed by atoms with Crippen LogP contribution in [0, 0.1) is 5.92 Å². The van der Waals surface area contributed by atoms with E-state index in [-0.39, 0.29) is 57.1 Å². The Hall–Kier alpha value is -3.97. The first-order valence-electron chi connectivity index (χ1n) is 19.6. The predicted octanol–water partition coefficient (Wildman–Crippen LogP) is 4.78. The van der Waals surface area contributed by atoms with Crippen LogP contribution < -0.4 is 26.6 Å². The van der Waals surface area contributed by atoms with Gasteiger partial charge in [-0.3, -0.25) is 39.6 Å². The lowest BCUT2D eigenvalue weighted by Crippen LogP contribution is -2.31. The highest BCUT2D eigenvalue weighted by Gasteiger charge is 2.15. The molecule has 0 saturated carbocycles. The van der Waals surface area contributed by atoms with E-state index in [2.05, 4.69) is 40.4 Å². The second kappa shape index (κ2) is 30.2. The minimum Gasteiger partial charge on any atom is -0.384 e. The molecule has 0 aliphatic heterocycles. The van der Waals surface area contributed by atoms with Gasteiger partial charge in [-0.25, -0.2) is 15.2 Å². The quantitative estimate of drug-likeness (QED) is 0.0227. The van der Waals surface area contributed by atoms with Crippen LogP contribution in [0.15, 0.2) is 24.3 Å². The van der Waals surface area contributed by atoms with Gasteiger partial charge in [0.1, 0.15) is 0 Å². The molecule has 316 valence electrons. The number of carbonyl (C=O) groups is 5. The second-order valence-electron chi connectivity index (χ2n) is 13.6. The Bertz CT molecular complexity index is 1370. The van der Waals surface area contributed by atoms with Gasteiger partial charge in [-0.05, 0) is 106 Å². The number of amides is 5. The molecule has 18 heteroatoms. The molecule has 0 fully saturated rings. The van der Waals surface area contributed by atoms with Crippen molar-refractivity contribution < 1.29 is 39.6 Å². The molecule has 0 aromatic heterocycles. The van der Waals surface area contributed by atoms with Gasteiger partial charge in [0.25, 0.3) is 0 Å². The first-order valence-corrected chi connectivity index (χ1v) is 20.4. The third-order valence-corrected chi connectivity index (χ3v) is 9.73. The Labute approximate surface area is 342 Å². The van der Waals surface area contributed by atoms with Crippen LogP contribution >= 0.6 is 24.4 Å². The molecule has 1 rings (SSSR count). The number of hydrogen-bond donors (Lipinski definition) is 8. The van der Waals surface area contributed by atoms with Crippen molar-refractivity contribution in [2.75, 3.05) is 56.4 Å². The van der Waals surface area contributed by atoms with E-state index in [4.69, 9.17) is 24.4 Å². The number of unbranched alkanes of at least 4 members (excludes halogenated alkanes) is 6. The van der Waals surface area contributed by atoms with Gasteiger partial charge in [0.2, 0.25) is 29.5 Å². The molecule has 1 unspecified atom stereocenters. The molecule has 0 spiro atoms. The van der Waals surface area contributed by atoms with Crippen LogP contribution in [0.1, 0.15) is 111 Å². The molecular formula is C38H64N8O8S2. The molecular weight excluding hydrogens is 761 g/mol. The number of nitrogens with one attached hydrogen (secondary N) is 5. The average Bonchev–Trinajstić information content (AvgIpc) is 3.18. The molecule has 1 aromatic rings. The van der Waals surface area contributed by atoms with Gasteiger partial charge in [0.15, 0.2) is 5.11 Å². The number of hydroxylamine groups is 6. The van der Waals surface area contributed by atoms with Crippen molar-refractivity contribution in [1.29, 1.82) is 0 Å². The Morgan fingerprint density at radius 3 is 1.50 bits per heavy atom. The molecule has 0 saturated heterocycles. The van der Waals surface area contributed by atoms with Gasteiger partial charge < -0.3 is 26.6 Å². The zero-order valence-electron chi connectivity index (χ0n) is 33.3. The number of anilines is 2. The summed E-state index contributed by atoms with van der Waals surface area (Å²) in [6.45, 7) is 8.17. The largest absolute Gasteiger partial charge is 0.384 e. The number of benzene rings is 1. The van der Waals surface area contributed by atoms with E-state index in [1.165, 1.54) is 6.92 Å². The fraction of sp³-hybridized carbons (Fsp3) is 0.658. The van der Waals surface area contributed by atoms with Gasteiger partial charge in [-0.15, -0.1) is 0 Å². The van der Waals surface area contributed by atoms with E-state index in [1.807, 2.05) is 24.3 Å². The summed E-state index contributed by atoms with van der Waals surface area (Å²) in [5.74, 6) is -1.78. The number of hydrogen-bond acceptors (Lipinski definition) is 11. The van der Waals surface area contributed by atoms with Gasteiger partial charge in [-0.2, -0.15) is 0 Å². The van der Waals surface area contributed by atoms with Crippen molar-refractivity contribution >= 4 is 75.3 Å². The minimum absolute atomic E-state index is 0.0492. The maximum atomic E-state index is 12.2. The van der Waals surface area contributed by atoms with Crippen LogP contribution in [0.2, 0.25) is 0 Å². The summed E-state index contributed by atoms with van der Waals surface area (Å²) >= 11 is 10.8. The van der Waals surface area contributed by atoms with E-state index in [0.717, 1.165) is 42.0 Å². The highest BCUT2D eigenvalue weighted by Crippen LogP contribution is 2.15. The van der Waals surface area contributed by atoms with E-state index < -0.39 is 17.7 Å². The van der Waals surface area contributed by atoms with Crippen molar-refractivity contribution in [3.05, 3.63) is 24.3 Å². The van der Waals surface area contributed by atoms with Gasteiger partial charge >= 0.3 is 0 Å². The summed E-state index contributed by atoms with van der Waals surface area (Å²) in [6.07, 6.45) is 6.42. The third kappa shape index (κ3) is 24.5. The molecule has 0 radical (unpaired) electrons. The highest BCUT2D eigenvalue weighted by atomic mass is 32.1. The minimum atomic E-state index is -0.556. The maximum absolute atomic E-state index is 12.2. The molecule has 0 heterocycles. The van der Waals surface area contributed by atoms with Crippen LogP contribution in [0.25, 0.3) is 0 Å². The number of carbonyl (C=O) groups excluding carboxylic acids is 5. The molecule has 0 aliphatic carbocycles. The molecule has 0 bridgehead atoms. The third-order valence-electron chi connectivity index (χ3n) is 8.79. The maximum Gasteiger partial charge on any atom is 0.246 e. The lowest BCUT2D eigenvalue weighted by atomic mass is 10.1. The van der Waals surface area contributed by atoms with E-state index in [9.17, 15) is 39.6 Å². The smallest absolute Gasteiger partial charge is 0.246 e. The first-order chi connectivity index (χ1) is 26.7. The van der Waals surface area contributed by atoms with Gasteiger partial charge in [0.05, 0.1) is 0 Å². The summed E-state index contributed by atoms with van der Waals surface area (Å²) in [7, 11) is 0. The van der Waals surface area contributed by atoms with Crippen LogP contribution in [-0.2, 0) is 24.0 Å². The van der Waals surface area contributed by atoms with Crippen molar-refractivity contribution in [1.82, 2.24) is 31.1 Å². The van der Waals surface area contributed by atoms with Crippen LogP contribution in [0.4, 0.5) is 11.4 Å². The molecule has 1 atom stereocenters. The zero-order chi connectivity index (χ0) is 41.7. The topological polar surface area (TPSA) is 216 Å². The lowest BCUT2D eigenvalue weighted by molar-refractivity contribution is -0.166. The van der Waals surface area contributed by atoms with Gasteiger partial charge in [-0.1, -0.05) is 26.1 Å². The number of rotatable bonds is 30. The summed E-state index contributed by atoms with van der Waals surface area (Å²) in [4.78, 5) is 60.4. The predicted molar refractivity (Wildman–Crippen MR) is 223 cm³/mol. The SMILES string of the molecule is CCC(=S)C(C)CNc1ccc(NC(=S)NCCCCCN(O)C(=O)CCC(=O)NCCCCCN(O)C(=O)CCC(=O)NCCCCCN(O)C(C)=O)cc1. The van der Waals surface area contributed by atoms with Crippen LogP contribution in [0.3, 0.4) is 0 Å². The van der Waals surface area contributed by atoms with Crippen LogP contribution in [-0.4, -0.2) is 116 Å². The van der Waals surface area contributed by atoms with Crippen molar-refractivity contribution in [2.45, 2.75) is 111 Å². The highest BCUT2D eigenvalue weighted by molar-refractivity contribution is 7.80. The monoisotopic (exact) mass is 824 g/mol. The molecule has 16 nitrogen and oxygen atoms in total. The Morgan fingerprint density at radius 1 is 0.625 bits per heavy atom. The Kier molecular flexibility index (Phi) is 27.0. The summed E-state index contributed by atoms with van der Waals surface area (Å²) < 4.78 is 0. The Balaban J connectivity index is 2.04. The fourth-order valence-electron chi connectivity index (χ4n) is 5.21. The fourth-order valence-corrected chi connectivity index (χ4v) is 5.51. The standard InChI is InChI=1S/C38H64N8O8S2/c1-4-33(55)29(2)28-42-31-14-16-32(17-15-31)43-38(56)41-24-10-7-13-27-46(54)37(51)21-19-35(49)40-23-9-6-12-26-45(53)36(50)20-18-34(48)39-22-8-5-11-25-44(52)30(3)47/h14-17,29,42,52-54H,4-13,18-28H2,1-3H3,(H,39,48)(H,40,49)(H2,41,43,56). The van der Waals surface area contributed by atoms with E-state index in [1.54, 1.807) is 0 Å². The molecule has 0 aliphatic rings. The summed E-state index contributed by atoms with van der Waals surface area (Å²) in [6, 6.07) is 7.87. The normalized spacial score (nSPS) is 11.2. The van der Waals surface area contributed by atoms with Gasteiger partial charge in [0, 0.05) is 95.7 Å². The van der Waals surface area contributed by atoms with Crippen molar-refractivity contribution in [3.8, 4) is 0 Å². The number of thiocarbonyl (C=S) groups is 2. The first kappa shape index (κ1) is 50.0. The molecule has 8 N–H and O–H groups in total. The second-order valence-corrected chi connectivity index (χ2v) is 14.6. The zero-order valence-corrected chi connectivity index (χ0v) is 34.9. The molecule has 5 amide bonds. The Morgan fingerprint density at radius 2 is 1.05 bits per heavy atom. The number of nitrogens with zero attached hydrogens (tertiary/aromatic N) is 3. The average molecular weight is 825 g/mol. The van der Waals surface area contributed by atoms with E-state index >= 15 is 0 Å².